The van der Waals surface area contributed by atoms with Crippen molar-refractivity contribution < 1.29 is 4.74 Å². The van der Waals surface area contributed by atoms with Crippen molar-refractivity contribution in [2.75, 3.05) is 11.9 Å². The normalized spacial score (nSPS) is 11.7. The molecule has 1 aromatic rings. The summed E-state index contributed by atoms with van der Waals surface area (Å²) in [6, 6.07) is 10.7. The van der Waals surface area contributed by atoms with Gasteiger partial charge in [0.25, 0.3) is 0 Å². The van der Waals surface area contributed by atoms with Gasteiger partial charge in [0.15, 0.2) is 0 Å². The van der Waals surface area contributed by atoms with Crippen LogP contribution in [0.1, 0.15) is 58.8 Å². The van der Waals surface area contributed by atoms with Crippen molar-refractivity contribution >= 4 is 5.69 Å². The molecule has 1 N–H and O–H groups in total. The van der Waals surface area contributed by atoms with Crippen LogP contribution in [0.3, 0.4) is 0 Å². The standard InChI is InChI=1S/C18H28N2O/c1-3-4-5-6-10-16(2)20-17-11-9-12-18(15-17)21-14-8-7-13-19/h9,11-12,15-16,20H,3-8,10,14H2,1-2H3. The minimum Gasteiger partial charge on any atom is -0.493 e. The van der Waals surface area contributed by atoms with Crippen molar-refractivity contribution in [3.63, 3.8) is 0 Å². The number of nitriles is 1. The van der Waals surface area contributed by atoms with Crippen molar-refractivity contribution in [3.8, 4) is 11.8 Å². The summed E-state index contributed by atoms with van der Waals surface area (Å²) >= 11 is 0. The maximum Gasteiger partial charge on any atom is 0.121 e. The zero-order chi connectivity index (χ0) is 15.3. The molecule has 116 valence electrons. The zero-order valence-corrected chi connectivity index (χ0v) is 13.4. The molecule has 0 spiro atoms. The maximum absolute atomic E-state index is 8.50. The van der Waals surface area contributed by atoms with Gasteiger partial charge in [0.1, 0.15) is 5.75 Å². The molecule has 0 aliphatic heterocycles. The molecular formula is C18H28N2O. The Morgan fingerprint density at radius 1 is 1.24 bits per heavy atom. The van der Waals surface area contributed by atoms with Crippen molar-refractivity contribution in [1.82, 2.24) is 0 Å². The smallest absolute Gasteiger partial charge is 0.121 e. The van der Waals surface area contributed by atoms with Crippen molar-refractivity contribution in [3.05, 3.63) is 24.3 Å². The molecule has 0 amide bonds. The van der Waals surface area contributed by atoms with E-state index in [4.69, 9.17) is 10.00 Å². The number of ether oxygens (including phenoxy) is 1. The molecule has 0 bridgehead atoms. The maximum atomic E-state index is 8.50. The molecule has 1 atom stereocenters. The topological polar surface area (TPSA) is 45.0 Å². The van der Waals surface area contributed by atoms with Gasteiger partial charge in [-0.2, -0.15) is 5.26 Å². The number of anilines is 1. The Kier molecular flexibility index (Phi) is 9.11. The highest BCUT2D eigenvalue weighted by molar-refractivity contribution is 5.48. The first kappa shape index (κ1) is 17.4. The molecule has 1 unspecified atom stereocenters. The fourth-order valence-electron chi connectivity index (χ4n) is 2.25. The third-order valence-electron chi connectivity index (χ3n) is 3.44. The van der Waals surface area contributed by atoms with E-state index in [1.165, 1.54) is 32.1 Å². The molecule has 0 saturated carbocycles. The van der Waals surface area contributed by atoms with E-state index in [-0.39, 0.29) is 0 Å². The lowest BCUT2D eigenvalue weighted by molar-refractivity contribution is 0.313. The number of hydrogen-bond donors (Lipinski definition) is 1. The van der Waals surface area contributed by atoms with E-state index < -0.39 is 0 Å². The second kappa shape index (κ2) is 11.0. The predicted molar refractivity (Wildman–Crippen MR) is 88.6 cm³/mol. The molecule has 0 fully saturated rings. The van der Waals surface area contributed by atoms with Crippen LogP contribution in [-0.2, 0) is 0 Å². The van der Waals surface area contributed by atoms with Crippen LogP contribution < -0.4 is 10.1 Å². The molecule has 21 heavy (non-hydrogen) atoms. The first-order valence-electron chi connectivity index (χ1n) is 8.12. The molecule has 0 saturated heterocycles. The highest BCUT2D eigenvalue weighted by Crippen LogP contribution is 2.19. The van der Waals surface area contributed by atoms with Gasteiger partial charge in [0, 0.05) is 24.2 Å². The van der Waals surface area contributed by atoms with Crippen LogP contribution in [0.2, 0.25) is 0 Å². The largest absolute Gasteiger partial charge is 0.493 e. The molecule has 0 aromatic heterocycles. The van der Waals surface area contributed by atoms with Gasteiger partial charge in [-0.05, 0) is 31.9 Å². The second-order valence-corrected chi connectivity index (χ2v) is 5.53. The number of unbranched alkanes of at least 4 members (excludes halogenated alkanes) is 4. The first-order chi connectivity index (χ1) is 10.3. The molecule has 3 nitrogen and oxygen atoms in total. The highest BCUT2D eigenvalue weighted by atomic mass is 16.5. The molecule has 0 radical (unpaired) electrons. The Balaban J connectivity index is 2.32. The fraction of sp³-hybridized carbons (Fsp3) is 0.611. The Labute approximate surface area is 129 Å². The highest BCUT2D eigenvalue weighted by Gasteiger charge is 2.03. The molecule has 0 heterocycles. The Morgan fingerprint density at radius 3 is 2.86 bits per heavy atom. The lowest BCUT2D eigenvalue weighted by Gasteiger charge is -2.16. The van der Waals surface area contributed by atoms with Crippen LogP contribution in [0.25, 0.3) is 0 Å². The summed E-state index contributed by atoms with van der Waals surface area (Å²) in [7, 11) is 0. The van der Waals surface area contributed by atoms with Gasteiger partial charge in [-0.15, -0.1) is 0 Å². The zero-order valence-electron chi connectivity index (χ0n) is 13.4. The van der Waals surface area contributed by atoms with Gasteiger partial charge >= 0.3 is 0 Å². The monoisotopic (exact) mass is 288 g/mol. The molecule has 0 aliphatic rings. The number of hydrogen-bond acceptors (Lipinski definition) is 3. The summed E-state index contributed by atoms with van der Waals surface area (Å²) in [6.07, 6.45) is 7.75. The number of rotatable bonds is 11. The summed E-state index contributed by atoms with van der Waals surface area (Å²) < 4.78 is 5.65. The quantitative estimate of drug-likeness (QED) is 0.573. The number of nitrogens with zero attached hydrogens (tertiary/aromatic N) is 1. The SMILES string of the molecule is CCCCCCC(C)Nc1cccc(OCCCC#N)c1. The lowest BCUT2D eigenvalue weighted by Crippen LogP contribution is -2.14. The third kappa shape index (κ3) is 8.24. The first-order valence-corrected chi connectivity index (χ1v) is 8.12. The second-order valence-electron chi connectivity index (χ2n) is 5.53. The average molecular weight is 288 g/mol. The van der Waals surface area contributed by atoms with Gasteiger partial charge in [0.2, 0.25) is 0 Å². The minimum atomic E-state index is 0.482. The number of nitrogens with one attached hydrogen (secondary N) is 1. The van der Waals surface area contributed by atoms with Crippen LogP contribution >= 0.6 is 0 Å². The van der Waals surface area contributed by atoms with Crippen molar-refractivity contribution in [1.29, 1.82) is 5.26 Å². The van der Waals surface area contributed by atoms with Crippen molar-refractivity contribution in [2.45, 2.75) is 64.8 Å². The molecular weight excluding hydrogens is 260 g/mol. The number of benzene rings is 1. The average Bonchev–Trinajstić information content (AvgIpc) is 2.49. The van der Waals surface area contributed by atoms with E-state index in [1.807, 2.05) is 18.2 Å². The summed E-state index contributed by atoms with van der Waals surface area (Å²) in [6.45, 7) is 5.07. The van der Waals surface area contributed by atoms with Crippen molar-refractivity contribution in [2.24, 2.45) is 0 Å². The van der Waals surface area contributed by atoms with Gasteiger partial charge < -0.3 is 10.1 Å². The van der Waals surface area contributed by atoms with Gasteiger partial charge in [-0.1, -0.05) is 38.7 Å². The van der Waals surface area contributed by atoms with Gasteiger partial charge in [-0.25, -0.2) is 0 Å². The summed E-state index contributed by atoms with van der Waals surface area (Å²) in [5.74, 6) is 0.871. The molecule has 3 heteroatoms. The minimum absolute atomic E-state index is 0.482. The summed E-state index contributed by atoms with van der Waals surface area (Å²) in [4.78, 5) is 0. The van der Waals surface area contributed by atoms with Crippen LogP contribution in [-0.4, -0.2) is 12.6 Å². The summed E-state index contributed by atoms with van der Waals surface area (Å²) in [5.41, 5.74) is 1.11. The molecule has 0 aliphatic carbocycles. The van der Waals surface area contributed by atoms with E-state index in [1.54, 1.807) is 0 Å². The molecule has 1 aromatic carbocycles. The lowest BCUT2D eigenvalue weighted by atomic mass is 10.1. The fourth-order valence-corrected chi connectivity index (χ4v) is 2.25. The van der Waals surface area contributed by atoms with Gasteiger partial charge in [0.05, 0.1) is 12.7 Å². The Hall–Kier alpha value is -1.69. The Bertz CT molecular complexity index is 425. The van der Waals surface area contributed by atoms with E-state index in [0.717, 1.165) is 17.9 Å². The van der Waals surface area contributed by atoms with E-state index >= 15 is 0 Å². The van der Waals surface area contributed by atoms with Crippen LogP contribution in [0.15, 0.2) is 24.3 Å². The predicted octanol–water partition coefficient (Wildman–Crippen LogP) is 5.14. The van der Waals surface area contributed by atoms with E-state index in [9.17, 15) is 0 Å². The summed E-state index contributed by atoms with van der Waals surface area (Å²) in [5, 5.41) is 12.0. The Morgan fingerprint density at radius 2 is 2.10 bits per heavy atom. The van der Waals surface area contributed by atoms with E-state index in [2.05, 4.69) is 31.3 Å². The van der Waals surface area contributed by atoms with Gasteiger partial charge in [-0.3, -0.25) is 0 Å². The van der Waals surface area contributed by atoms with E-state index in [0.29, 0.717) is 19.1 Å². The molecule has 1 rings (SSSR count). The van der Waals surface area contributed by atoms with Crippen LogP contribution in [0.5, 0.6) is 5.75 Å². The third-order valence-corrected chi connectivity index (χ3v) is 3.44. The van der Waals surface area contributed by atoms with Crippen LogP contribution in [0.4, 0.5) is 5.69 Å². The van der Waals surface area contributed by atoms with Crippen LogP contribution in [0, 0.1) is 11.3 Å².